The Hall–Kier alpha value is -3.42. The minimum atomic E-state index is -0.271. The lowest BCUT2D eigenvalue weighted by atomic mass is 10.2. The summed E-state index contributed by atoms with van der Waals surface area (Å²) in [5, 5.41) is 9.72. The summed E-state index contributed by atoms with van der Waals surface area (Å²) in [5.74, 6) is 1.26. The van der Waals surface area contributed by atoms with Crippen molar-refractivity contribution in [1.29, 1.82) is 0 Å². The number of carbonyl (C=O) groups excluding carboxylic acids is 1. The Morgan fingerprint density at radius 2 is 2.00 bits per heavy atom. The minimum absolute atomic E-state index is 0.271. The van der Waals surface area contributed by atoms with E-state index in [0.29, 0.717) is 25.6 Å². The third-order valence-electron chi connectivity index (χ3n) is 3.57. The number of nitrogens with one attached hydrogen (secondary N) is 2. The average molecular weight is 352 g/mol. The van der Waals surface area contributed by atoms with Gasteiger partial charge in [-0.1, -0.05) is 12.1 Å². The van der Waals surface area contributed by atoms with Crippen molar-refractivity contribution in [3.8, 4) is 11.7 Å². The van der Waals surface area contributed by atoms with Crippen molar-refractivity contribution in [1.82, 2.24) is 30.4 Å². The van der Waals surface area contributed by atoms with Gasteiger partial charge in [0.05, 0.1) is 6.61 Å². The highest BCUT2D eigenvalue weighted by Gasteiger charge is 2.07. The van der Waals surface area contributed by atoms with Crippen molar-refractivity contribution in [2.24, 2.45) is 0 Å². The van der Waals surface area contributed by atoms with Gasteiger partial charge in [-0.05, 0) is 30.7 Å². The highest BCUT2D eigenvalue weighted by Crippen LogP contribution is 2.13. The zero-order valence-electron chi connectivity index (χ0n) is 14.4. The van der Waals surface area contributed by atoms with Crippen LogP contribution in [0.1, 0.15) is 18.1 Å². The van der Waals surface area contributed by atoms with Crippen molar-refractivity contribution >= 4 is 6.03 Å². The normalized spacial score (nSPS) is 10.3. The van der Waals surface area contributed by atoms with E-state index in [2.05, 4.69) is 25.7 Å². The highest BCUT2D eigenvalue weighted by molar-refractivity contribution is 5.73. The second kappa shape index (κ2) is 8.61. The van der Waals surface area contributed by atoms with Crippen LogP contribution in [0.25, 0.3) is 5.82 Å². The SMILES string of the molecule is CCOc1ncccc1CNC(=O)NCc1ccc(-n2cccn2)nc1. The lowest BCUT2D eigenvalue weighted by Gasteiger charge is -2.11. The van der Waals surface area contributed by atoms with Gasteiger partial charge in [-0.15, -0.1) is 0 Å². The van der Waals surface area contributed by atoms with Crippen LogP contribution in [0.4, 0.5) is 4.79 Å². The standard InChI is InChI=1S/C18H20N6O2/c1-2-26-17-15(5-3-8-19-17)13-22-18(25)21-12-14-6-7-16(20-11-14)24-10-4-9-23-24/h3-11H,2,12-13H2,1H3,(H2,21,22,25). The number of nitrogens with zero attached hydrogens (tertiary/aromatic N) is 4. The van der Waals surface area contributed by atoms with Gasteiger partial charge < -0.3 is 15.4 Å². The molecule has 0 aliphatic rings. The summed E-state index contributed by atoms with van der Waals surface area (Å²) in [7, 11) is 0. The van der Waals surface area contributed by atoms with Crippen LogP contribution >= 0.6 is 0 Å². The van der Waals surface area contributed by atoms with Crippen molar-refractivity contribution in [3.05, 3.63) is 66.2 Å². The molecule has 2 amide bonds. The third-order valence-corrected chi connectivity index (χ3v) is 3.57. The molecule has 3 heterocycles. The quantitative estimate of drug-likeness (QED) is 0.679. The predicted octanol–water partition coefficient (Wildman–Crippen LogP) is 2.06. The molecule has 0 fully saturated rings. The monoisotopic (exact) mass is 352 g/mol. The number of rotatable bonds is 7. The molecule has 0 saturated heterocycles. The van der Waals surface area contributed by atoms with Gasteiger partial charge in [-0.2, -0.15) is 5.10 Å². The van der Waals surface area contributed by atoms with Crippen LogP contribution in [0.3, 0.4) is 0 Å². The molecule has 134 valence electrons. The molecule has 0 aromatic carbocycles. The Morgan fingerprint density at radius 1 is 1.12 bits per heavy atom. The number of hydrogen-bond acceptors (Lipinski definition) is 5. The number of hydrogen-bond donors (Lipinski definition) is 2. The van der Waals surface area contributed by atoms with E-state index in [9.17, 15) is 4.79 Å². The van der Waals surface area contributed by atoms with Gasteiger partial charge in [0.1, 0.15) is 0 Å². The molecule has 3 aromatic rings. The lowest BCUT2D eigenvalue weighted by Crippen LogP contribution is -2.34. The first-order valence-electron chi connectivity index (χ1n) is 8.29. The Labute approximate surface area is 151 Å². The molecule has 0 spiro atoms. The van der Waals surface area contributed by atoms with Gasteiger partial charge in [0, 0.05) is 43.4 Å². The fourth-order valence-electron chi connectivity index (χ4n) is 2.31. The van der Waals surface area contributed by atoms with Crippen LogP contribution in [0, 0.1) is 0 Å². The fourth-order valence-corrected chi connectivity index (χ4v) is 2.31. The molecule has 2 N–H and O–H groups in total. The van der Waals surface area contributed by atoms with E-state index in [-0.39, 0.29) is 6.03 Å². The average Bonchev–Trinajstić information content (AvgIpc) is 3.21. The van der Waals surface area contributed by atoms with Gasteiger partial charge in [-0.3, -0.25) is 0 Å². The van der Waals surface area contributed by atoms with E-state index in [0.717, 1.165) is 16.9 Å². The van der Waals surface area contributed by atoms with E-state index in [1.54, 1.807) is 23.3 Å². The molecule has 0 bridgehead atoms. The summed E-state index contributed by atoms with van der Waals surface area (Å²) in [4.78, 5) is 20.5. The molecule has 8 heteroatoms. The van der Waals surface area contributed by atoms with Crippen molar-refractivity contribution in [2.75, 3.05) is 6.61 Å². The first-order valence-corrected chi connectivity index (χ1v) is 8.29. The number of aromatic nitrogens is 4. The van der Waals surface area contributed by atoms with Gasteiger partial charge in [-0.25, -0.2) is 19.4 Å². The van der Waals surface area contributed by atoms with Crippen LogP contribution in [-0.4, -0.2) is 32.4 Å². The Balaban J connectivity index is 1.48. The summed E-state index contributed by atoms with van der Waals surface area (Å²) < 4.78 is 7.12. The van der Waals surface area contributed by atoms with Crippen LogP contribution < -0.4 is 15.4 Å². The zero-order valence-corrected chi connectivity index (χ0v) is 14.4. The van der Waals surface area contributed by atoms with Crippen LogP contribution in [0.5, 0.6) is 5.88 Å². The number of ether oxygens (including phenoxy) is 1. The van der Waals surface area contributed by atoms with E-state index >= 15 is 0 Å². The highest BCUT2D eigenvalue weighted by atomic mass is 16.5. The molecule has 0 aliphatic heterocycles. The van der Waals surface area contributed by atoms with Crippen LogP contribution in [0.15, 0.2) is 55.1 Å². The summed E-state index contributed by atoms with van der Waals surface area (Å²) in [6.45, 7) is 3.14. The molecule has 3 rings (SSSR count). The number of urea groups is 1. The lowest BCUT2D eigenvalue weighted by molar-refractivity contribution is 0.240. The maximum Gasteiger partial charge on any atom is 0.315 e. The van der Waals surface area contributed by atoms with E-state index in [4.69, 9.17) is 4.74 Å². The van der Waals surface area contributed by atoms with Crippen molar-refractivity contribution in [2.45, 2.75) is 20.0 Å². The molecular weight excluding hydrogens is 332 g/mol. The molecule has 8 nitrogen and oxygen atoms in total. The maximum atomic E-state index is 12.0. The van der Waals surface area contributed by atoms with Crippen molar-refractivity contribution in [3.63, 3.8) is 0 Å². The van der Waals surface area contributed by atoms with Crippen molar-refractivity contribution < 1.29 is 9.53 Å². The van der Waals surface area contributed by atoms with E-state index in [1.165, 1.54) is 0 Å². The fraction of sp³-hybridized carbons (Fsp3) is 0.222. The summed E-state index contributed by atoms with van der Waals surface area (Å²) >= 11 is 0. The largest absolute Gasteiger partial charge is 0.478 e. The molecule has 0 aliphatic carbocycles. The summed E-state index contributed by atoms with van der Waals surface area (Å²) in [6.07, 6.45) is 6.89. The van der Waals surface area contributed by atoms with Gasteiger partial charge in [0.2, 0.25) is 5.88 Å². The first kappa shape index (κ1) is 17.4. The Kier molecular flexibility index (Phi) is 5.76. The predicted molar refractivity (Wildman–Crippen MR) is 95.8 cm³/mol. The van der Waals surface area contributed by atoms with E-state index in [1.807, 2.05) is 43.5 Å². The number of pyridine rings is 2. The maximum absolute atomic E-state index is 12.0. The zero-order chi connectivity index (χ0) is 18.2. The molecule has 0 saturated carbocycles. The topological polar surface area (TPSA) is 94.0 Å². The smallest absolute Gasteiger partial charge is 0.315 e. The first-order chi connectivity index (χ1) is 12.8. The van der Waals surface area contributed by atoms with Crippen LogP contribution in [-0.2, 0) is 13.1 Å². The Bertz CT molecular complexity index is 833. The number of carbonyl (C=O) groups is 1. The third kappa shape index (κ3) is 4.56. The molecule has 3 aromatic heterocycles. The van der Waals surface area contributed by atoms with Gasteiger partial charge >= 0.3 is 6.03 Å². The van der Waals surface area contributed by atoms with Crippen LogP contribution in [0.2, 0.25) is 0 Å². The van der Waals surface area contributed by atoms with Gasteiger partial charge in [0.25, 0.3) is 0 Å². The summed E-state index contributed by atoms with van der Waals surface area (Å²) in [6, 6.07) is 9.00. The molecular formula is C18H20N6O2. The Morgan fingerprint density at radius 3 is 2.73 bits per heavy atom. The van der Waals surface area contributed by atoms with Gasteiger partial charge in [0.15, 0.2) is 5.82 Å². The molecule has 0 radical (unpaired) electrons. The second-order valence-electron chi connectivity index (χ2n) is 5.41. The molecule has 0 unspecified atom stereocenters. The molecule has 26 heavy (non-hydrogen) atoms. The second-order valence-corrected chi connectivity index (χ2v) is 5.41. The number of amides is 2. The summed E-state index contributed by atoms with van der Waals surface area (Å²) in [5.41, 5.74) is 1.72. The molecule has 0 atom stereocenters. The van der Waals surface area contributed by atoms with E-state index < -0.39 is 0 Å². The minimum Gasteiger partial charge on any atom is -0.478 e.